The highest BCUT2D eigenvalue weighted by atomic mass is 32.2. The van der Waals surface area contributed by atoms with Crippen molar-refractivity contribution in [3.05, 3.63) is 58.7 Å². The van der Waals surface area contributed by atoms with E-state index in [1.54, 1.807) is 33.8 Å². The first kappa shape index (κ1) is 19.6. The molecular formula is C21H26N2O3S. The zero-order chi connectivity index (χ0) is 19.8. The Labute approximate surface area is 161 Å². The van der Waals surface area contributed by atoms with Crippen LogP contribution in [0.15, 0.2) is 41.3 Å². The molecule has 0 aromatic heterocycles. The van der Waals surface area contributed by atoms with Crippen LogP contribution in [-0.2, 0) is 22.9 Å². The Kier molecular flexibility index (Phi) is 5.14. The first-order valence-corrected chi connectivity index (χ1v) is 10.6. The van der Waals surface area contributed by atoms with Gasteiger partial charge in [0.15, 0.2) is 0 Å². The van der Waals surface area contributed by atoms with E-state index in [0.29, 0.717) is 5.56 Å². The number of hydrogen-bond acceptors (Lipinski definition) is 3. The van der Waals surface area contributed by atoms with E-state index < -0.39 is 15.6 Å². The second-order valence-corrected chi connectivity index (χ2v) is 9.81. The average molecular weight is 387 g/mol. The number of carbonyl (C=O) groups is 1. The van der Waals surface area contributed by atoms with Gasteiger partial charge in [0.25, 0.3) is 5.91 Å². The summed E-state index contributed by atoms with van der Waals surface area (Å²) in [5.41, 5.74) is 3.83. The molecule has 0 spiro atoms. The van der Waals surface area contributed by atoms with E-state index in [1.807, 2.05) is 12.1 Å². The lowest BCUT2D eigenvalue weighted by Gasteiger charge is -2.20. The largest absolute Gasteiger partial charge is 0.322 e. The predicted octanol–water partition coefficient (Wildman–Crippen LogP) is 3.81. The van der Waals surface area contributed by atoms with Crippen LogP contribution in [0.4, 0.5) is 5.69 Å². The molecule has 2 aromatic rings. The van der Waals surface area contributed by atoms with Crippen LogP contribution in [-0.4, -0.2) is 19.9 Å². The summed E-state index contributed by atoms with van der Waals surface area (Å²) in [5.74, 6) is -0.307. The van der Waals surface area contributed by atoms with E-state index in [9.17, 15) is 13.2 Å². The van der Waals surface area contributed by atoms with Crippen molar-refractivity contribution < 1.29 is 13.2 Å². The van der Waals surface area contributed by atoms with E-state index in [1.165, 1.54) is 23.3 Å². The molecule has 6 heteroatoms. The molecule has 2 aromatic carbocycles. The normalized spacial score (nSPS) is 14.1. The van der Waals surface area contributed by atoms with Gasteiger partial charge in [-0.05, 0) is 87.9 Å². The van der Waals surface area contributed by atoms with E-state index in [2.05, 4.69) is 16.1 Å². The molecule has 1 aliphatic rings. The second kappa shape index (κ2) is 7.09. The highest BCUT2D eigenvalue weighted by Gasteiger charge is 2.23. The lowest BCUT2D eigenvalue weighted by molar-refractivity contribution is 0.102. The molecule has 5 nitrogen and oxygen atoms in total. The van der Waals surface area contributed by atoms with Crippen LogP contribution in [0.1, 0.15) is 54.2 Å². The maximum Gasteiger partial charge on any atom is 0.255 e. The Morgan fingerprint density at radius 3 is 2.41 bits per heavy atom. The molecule has 0 radical (unpaired) electrons. The van der Waals surface area contributed by atoms with Gasteiger partial charge in [0.2, 0.25) is 10.0 Å². The molecule has 2 N–H and O–H groups in total. The molecule has 0 unspecified atom stereocenters. The minimum absolute atomic E-state index is 0.0853. The summed E-state index contributed by atoms with van der Waals surface area (Å²) >= 11 is 0. The molecule has 0 atom stereocenters. The number of anilines is 1. The number of amides is 1. The van der Waals surface area contributed by atoms with Gasteiger partial charge in [-0.3, -0.25) is 4.79 Å². The van der Waals surface area contributed by atoms with Crippen molar-refractivity contribution in [1.29, 1.82) is 0 Å². The van der Waals surface area contributed by atoms with Crippen molar-refractivity contribution in [1.82, 2.24) is 4.72 Å². The van der Waals surface area contributed by atoms with Gasteiger partial charge in [-0.1, -0.05) is 12.1 Å². The fourth-order valence-corrected chi connectivity index (χ4v) is 4.77. The topological polar surface area (TPSA) is 75.3 Å². The van der Waals surface area contributed by atoms with Gasteiger partial charge in [0.1, 0.15) is 0 Å². The molecule has 0 fully saturated rings. The van der Waals surface area contributed by atoms with Crippen molar-refractivity contribution in [2.75, 3.05) is 5.32 Å². The molecule has 0 saturated heterocycles. The summed E-state index contributed by atoms with van der Waals surface area (Å²) in [6.45, 7) is 7.13. The third-order valence-electron chi connectivity index (χ3n) is 4.56. The Morgan fingerprint density at radius 2 is 1.70 bits per heavy atom. The molecule has 0 bridgehead atoms. The first-order valence-electron chi connectivity index (χ1n) is 9.13. The Balaban J connectivity index is 1.87. The van der Waals surface area contributed by atoms with Crippen molar-refractivity contribution in [3.63, 3.8) is 0 Å². The van der Waals surface area contributed by atoms with E-state index in [0.717, 1.165) is 30.5 Å². The van der Waals surface area contributed by atoms with Gasteiger partial charge < -0.3 is 5.32 Å². The lowest BCUT2D eigenvalue weighted by Crippen LogP contribution is -2.40. The predicted molar refractivity (Wildman–Crippen MR) is 108 cm³/mol. The molecule has 1 aliphatic carbocycles. The number of hydrogen-bond donors (Lipinski definition) is 2. The zero-order valence-electron chi connectivity index (χ0n) is 16.2. The van der Waals surface area contributed by atoms with E-state index in [-0.39, 0.29) is 10.8 Å². The highest BCUT2D eigenvalue weighted by molar-refractivity contribution is 7.89. The summed E-state index contributed by atoms with van der Waals surface area (Å²) in [6.07, 6.45) is 3.26. The van der Waals surface area contributed by atoms with Crippen LogP contribution in [0.3, 0.4) is 0 Å². The van der Waals surface area contributed by atoms with Crippen LogP contribution >= 0.6 is 0 Å². The standard InChI is InChI=1S/C21H26N2O3S/c1-14-8-11-18(27(25,26)23-21(2,3)4)13-19(14)20(24)22-17-10-9-15-6-5-7-16(15)12-17/h8-13,23H,5-7H2,1-4H3,(H,22,24). The van der Waals surface area contributed by atoms with Crippen molar-refractivity contribution >= 4 is 21.6 Å². The van der Waals surface area contributed by atoms with E-state index in [4.69, 9.17) is 0 Å². The minimum Gasteiger partial charge on any atom is -0.322 e. The van der Waals surface area contributed by atoms with Crippen LogP contribution < -0.4 is 10.0 Å². The van der Waals surface area contributed by atoms with Gasteiger partial charge in [-0.15, -0.1) is 0 Å². The van der Waals surface area contributed by atoms with Crippen LogP contribution in [0.5, 0.6) is 0 Å². The Hall–Kier alpha value is -2.18. The molecule has 3 rings (SSSR count). The van der Waals surface area contributed by atoms with Crippen LogP contribution in [0.25, 0.3) is 0 Å². The average Bonchev–Trinajstić information content (AvgIpc) is 3.00. The monoisotopic (exact) mass is 386 g/mol. The van der Waals surface area contributed by atoms with Gasteiger partial charge in [-0.2, -0.15) is 0 Å². The maximum atomic E-state index is 12.8. The summed E-state index contributed by atoms with van der Waals surface area (Å²) in [6, 6.07) is 10.6. The summed E-state index contributed by atoms with van der Waals surface area (Å²) < 4.78 is 27.8. The maximum absolute atomic E-state index is 12.8. The lowest BCUT2D eigenvalue weighted by atomic mass is 10.1. The summed E-state index contributed by atoms with van der Waals surface area (Å²) in [7, 11) is -3.70. The van der Waals surface area contributed by atoms with Gasteiger partial charge in [0.05, 0.1) is 4.90 Å². The summed E-state index contributed by atoms with van der Waals surface area (Å²) in [5, 5.41) is 2.90. The third-order valence-corrected chi connectivity index (χ3v) is 6.32. The number of carbonyl (C=O) groups excluding carboxylic acids is 1. The SMILES string of the molecule is Cc1ccc(S(=O)(=O)NC(C)(C)C)cc1C(=O)Nc1ccc2c(c1)CCC2. The molecule has 0 aliphatic heterocycles. The second-order valence-electron chi connectivity index (χ2n) is 8.12. The molecule has 0 heterocycles. The molecular weight excluding hydrogens is 360 g/mol. The Bertz CT molecular complexity index is 989. The highest BCUT2D eigenvalue weighted by Crippen LogP contribution is 2.25. The van der Waals surface area contributed by atoms with Crippen molar-refractivity contribution in [2.45, 2.75) is 57.4 Å². The molecule has 144 valence electrons. The van der Waals surface area contributed by atoms with Gasteiger partial charge in [0, 0.05) is 16.8 Å². The van der Waals surface area contributed by atoms with E-state index >= 15 is 0 Å². The zero-order valence-corrected chi connectivity index (χ0v) is 17.0. The number of fused-ring (bicyclic) bond motifs is 1. The smallest absolute Gasteiger partial charge is 0.255 e. The number of nitrogens with one attached hydrogen (secondary N) is 2. The van der Waals surface area contributed by atoms with Crippen LogP contribution in [0, 0.1) is 6.92 Å². The fourth-order valence-electron chi connectivity index (χ4n) is 3.32. The first-order chi connectivity index (χ1) is 12.5. The molecule has 27 heavy (non-hydrogen) atoms. The third kappa shape index (κ3) is 4.57. The Morgan fingerprint density at radius 1 is 1.00 bits per heavy atom. The number of sulfonamides is 1. The molecule has 0 saturated carbocycles. The summed E-state index contributed by atoms with van der Waals surface area (Å²) in [4.78, 5) is 12.9. The van der Waals surface area contributed by atoms with Crippen molar-refractivity contribution in [2.24, 2.45) is 0 Å². The minimum atomic E-state index is -3.70. The molecule has 1 amide bonds. The fraction of sp³-hybridized carbons (Fsp3) is 0.381. The van der Waals surface area contributed by atoms with Crippen LogP contribution in [0.2, 0.25) is 0 Å². The number of aryl methyl sites for hydroxylation is 3. The quantitative estimate of drug-likeness (QED) is 0.839. The van der Waals surface area contributed by atoms with Gasteiger partial charge in [-0.25, -0.2) is 13.1 Å². The number of rotatable bonds is 4. The van der Waals surface area contributed by atoms with Gasteiger partial charge >= 0.3 is 0 Å². The number of benzene rings is 2. The van der Waals surface area contributed by atoms with Crippen molar-refractivity contribution in [3.8, 4) is 0 Å².